The zero-order chi connectivity index (χ0) is 12.8. The van der Waals surface area contributed by atoms with Crippen LogP contribution >= 0.6 is 0 Å². The maximum absolute atomic E-state index is 11.0. The van der Waals surface area contributed by atoms with Gasteiger partial charge in [0.25, 0.3) is 0 Å². The van der Waals surface area contributed by atoms with Crippen LogP contribution in [0.5, 0.6) is 0 Å². The Labute approximate surface area is 100 Å². The number of ether oxygens (including phenoxy) is 1. The van der Waals surface area contributed by atoms with Crippen LogP contribution in [0.15, 0.2) is 11.6 Å². The van der Waals surface area contributed by atoms with Gasteiger partial charge in [-0.25, -0.2) is 9.59 Å². The van der Waals surface area contributed by atoms with Crippen LogP contribution in [0.25, 0.3) is 0 Å². The van der Waals surface area contributed by atoms with E-state index in [0.717, 1.165) is 25.1 Å². The van der Waals surface area contributed by atoms with Crippen LogP contribution in [0.4, 0.5) is 4.79 Å². The van der Waals surface area contributed by atoms with Gasteiger partial charge in [-0.2, -0.15) is 0 Å². The van der Waals surface area contributed by atoms with Gasteiger partial charge in [0.1, 0.15) is 0 Å². The lowest BCUT2D eigenvalue weighted by Crippen LogP contribution is -2.37. The van der Waals surface area contributed by atoms with Crippen molar-refractivity contribution < 1.29 is 19.4 Å². The number of hydrogen-bond acceptors (Lipinski definition) is 4. The Morgan fingerprint density at radius 1 is 1.59 bits per heavy atom. The molecule has 1 aliphatic heterocycles. The van der Waals surface area contributed by atoms with Gasteiger partial charge in [0, 0.05) is 31.8 Å². The van der Waals surface area contributed by atoms with E-state index in [1.807, 2.05) is 0 Å². The quantitative estimate of drug-likeness (QED) is 0.700. The normalized spacial score (nSPS) is 21.3. The van der Waals surface area contributed by atoms with E-state index in [1.54, 1.807) is 6.92 Å². The molecule has 1 saturated heterocycles. The van der Waals surface area contributed by atoms with Gasteiger partial charge in [0.15, 0.2) is 0 Å². The summed E-state index contributed by atoms with van der Waals surface area (Å²) >= 11 is 0. The molecule has 1 heterocycles. The number of rotatable bonds is 4. The molecule has 6 heteroatoms. The minimum absolute atomic E-state index is 0.0834. The van der Waals surface area contributed by atoms with Crippen molar-refractivity contribution in [1.82, 2.24) is 10.2 Å². The van der Waals surface area contributed by atoms with Crippen molar-refractivity contribution in [3.05, 3.63) is 11.6 Å². The van der Waals surface area contributed by atoms with E-state index in [1.165, 1.54) is 13.2 Å². The van der Waals surface area contributed by atoms with Crippen molar-refractivity contribution in [2.45, 2.75) is 19.4 Å². The largest absolute Gasteiger partial charge is 0.478 e. The van der Waals surface area contributed by atoms with E-state index in [4.69, 9.17) is 5.11 Å². The molecular weight excluding hydrogens is 224 g/mol. The third-order valence-corrected chi connectivity index (χ3v) is 2.62. The second-order valence-electron chi connectivity index (χ2n) is 4.19. The zero-order valence-electron chi connectivity index (χ0n) is 10.1. The number of carboxylic acid groups (broad SMARTS) is 1. The third-order valence-electron chi connectivity index (χ3n) is 2.62. The second-order valence-corrected chi connectivity index (χ2v) is 4.19. The Kier molecular flexibility index (Phi) is 4.96. The third kappa shape index (κ3) is 4.86. The molecule has 1 atom stereocenters. The number of likely N-dealkylation sites (tertiary alicyclic amines) is 1. The number of aliphatic carboxylic acids is 1. The molecule has 0 radical (unpaired) electrons. The zero-order valence-corrected chi connectivity index (χ0v) is 10.1. The van der Waals surface area contributed by atoms with E-state index >= 15 is 0 Å². The summed E-state index contributed by atoms with van der Waals surface area (Å²) in [7, 11) is 1.34. The molecule has 1 aliphatic rings. The lowest BCUT2D eigenvalue weighted by Gasteiger charge is -2.16. The molecular formula is C11H18N2O4. The molecule has 1 fully saturated rings. The van der Waals surface area contributed by atoms with Crippen LogP contribution in [-0.4, -0.2) is 54.9 Å². The van der Waals surface area contributed by atoms with Gasteiger partial charge in [-0.1, -0.05) is 5.57 Å². The first kappa shape index (κ1) is 13.5. The van der Waals surface area contributed by atoms with Gasteiger partial charge in [0.2, 0.25) is 0 Å². The highest BCUT2D eigenvalue weighted by Crippen LogP contribution is 2.11. The lowest BCUT2D eigenvalue weighted by molar-refractivity contribution is -0.131. The van der Waals surface area contributed by atoms with Crippen LogP contribution < -0.4 is 5.32 Å². The van der Waals surface area contributed by atoms with E-state index < -0.39 is 12.1 Å². The Morgan fingerprint density at radius 2 is 2.29 bits per heavy atom. The molecule has 0 spiro atoms. The molecule has 0 aromatic rings. The molecule has 1 unspecified atom stereocenters. The van der Waals surface area contributed by atoms with Gasteiger partial charge < -0.3 is 15.2 Å². The summed E-state index contributed by atoms with van der Waals surface area (Å²) in [6.07, 6.45) is 1.64. The molecule has 0 aromatic carbocycles. The molecule has 2 N–H and O–H groups in total. The topological polar surface area (TPSA) is 78.9 Å². The van der Waals surface area contributed by atoms with Crippen molar-refractivity contribution in [2.75, 3.05) is 26.7 Å². The van der Waals surface area contributed by atoms with Gasteiger partial charge in [-0.3, -0.25) is 4.90 Å². The number of carbonyl (C=O) groups excluding carboxylic acids is 1. The number of carboxylic acids is 1. The van der Waals surface area contributed by atoms with Crippen molar-refractivity contribution in [2.24, 2.45) is 0 Å². The smallest absolute Gasteiger partial charge is 0.407 e. The first-order chi connectivity index (χ1) is 8.01. The van der Waals surface area contributed by atoms with Crippen LogP contribution in [0.2, 0.25) is 0 Å². The number of methoxy groups -OCH3 is 1. The number of amides is 1. The molecule has 1 amide bonds. The molecule has 96 valence electrons. The highest BCUT2D eigenvalue weighted by molar-refractivity contribution is 5.80. The monoisotopic (exact) mass is 242 g/mol. The summed E-state index contributed by atoms with van der Waals surface area (Å²) in [5.74, 6) is -0.925. The van der Waals surface area contributed by atoms with E-state index in [-0.39, 0.29) is 6.04 Å². The summed E-state index contributed by atoms with van der Waals surface area (Å²) in [5, 5.41) is 11.3. The van der Waals surface area contributed by atoms with Crippen LogP contribution in [0, 0.1) is 0 Å². The fraction of sp³-hybridized carbons (Fsp3) is 0.636. The van der Waals surface area contributed by atoms with Gasteiger partial charge >= 0.3 is 12.1 Å². The second kappa shape index (κ2) is 6.24. The molecule has 0 aliphatic carbocycles. The number of nitrogens with one attached hydrogen (secondary N) is 1. The molecule has 17 heavy (non-hydrogen) atoms. The average Bonchev–Trinajstić information content (AvgIpc) is 2.63. The van der Waals surface area contributed by atoms with Crippen LogP contribution in [-0.2, 0) is 9.53 Å². The van der Waals surface area contributed by atoms with Crippen LogP contribution in [0.3, 0.4) is 0 Å². The van der Waals surface area contributed by atoms with E-state index in [9.17, 15) is 9.59 Å². The maximum Gasteiger partial charge on any atom is 0.407 e. The summed E-state index contributed by atoms with van der Waals surface area (Å²) < 4.78 is 4.52. The van der Waals surface area contributed by atoms with Crippen molar-refractivity contribution in [3.63, 3.8) is 0 Å². The van der Waals surface area contributed by atoms with Crippen molar-refractivity contribution >= 4 is 12.1 Å². The SMILES string of the molecule is COC(=O)NC1CCN(CC(C)=CC(=O)O)C1. The Morgan fingerprint density at radius 3 is 2.88 bits per heavy atom. The van der Waals surface area contributed by atoms with Gasteiger partial charge in [-0.05, 0) is 13.3 Å². The summed E-state index contributed by atoms with van der Waals surface area (Å²) in [5.41, 5.74) is 0.802. The highest BCUT2D eigenvalue weighted by atomic mass is 16.5. The number of nitrogens with zero attached hydrogens (tertiary/aromatic N) is 1. The summed E-state index contributed by atoms with van der Waals surface area (Å²) in [4.78, 5) is 23.6. The average molecular weight is 242 g/mol. The fourth-order valence-electron chi connectivity index (χ4n) is 1.93. The lowest BCUT2D eigenvalue weighted by atomic mass is 10.2. The van der Waals surface area contributed by atoms with Crippen molar-refractivity contribution in [3.8, 4) is 0 Å². The van der Waals surface area contributed by atoms with Crippen molar-refractivity contribution in [1.29, 1.82) is 0 Å². The minimum Gasteiger partial charge on any atom is -0.478 e. The molecule has 0 saturated carbocycles. The van der Waals surface area contributed by atoms with E-state index in [2.05, 4.69) is 15.0 Å². The minimum atomic E-state index is -0.925. The molecule has 6 nitrogen and oxygen atoms in total. The maximum atomic E-state index is 11.0. The predicted octanol–water partition coefficient (Wildman–Crippen LogP) is 0.448. The number of carbonyl (C=O) groups is 2. The fourth-order valence-corrected chi connectivity index (χ4v) is 1.93. The van der Waals surface area contributed by atoms with Crippen LogP contribution in [0.1, 0.15) is 13.3 Å². The number of alkyl carbamates (subject to hydrolysis) is 1. The molecule has 0 bridgehead atoms. The highest BCUT2D eigenvalue weighted by Gasteiger charge is 2.23. The Hall–Kier alpha value is -1.56. The van der Waals surface area contributed by atoms with E-state index in [0.29, 0.717) is 6.54 Å². The standard InChI is InChI=1S/C11H18N2O4/c1-8(5-10(14)15)6-13-4-3-9(7-13)12-11(16)17-2/h5,9H,3-4,6-7H2,1-2H3,(H,12,16)(H,14,15). The Bertz CT molecular complexity index is 327. The predicted molar refractivity (Wildman–Crippen MR) is 61.8 cm³/mol. The summed E-state index contributed by atoms with van der Waals surface area (Å²) in [6.45, 7) is 3.97. The first-order valence-electron chi connectivity index (χ1n) is 5.48. The molecule has 1 rings (SSSR count). The Balaban J connectivity index is 2.35. The summed E-state index contributed by atoms with van der Waals surface area (Å²) in [6, 6.07) is 0.0834. The molecule has 0 aromatic heterocycles. The number of hydrogen-bond donors (Lipinski definition) is 2. The van der Waals surface area contributed by atoms with Gasteiger partial charge in [-0.15, -0.1) is 0 Å². The van der Waals surface area contributed by atoms with Gasteiger partial charge in [0.05, 0.1) is 7.11 Å². The first-order valence-corrected chi connectivity index (χ1v) is 5.48.